The molecule has 1 saturated carbocycles. The van der Waals surface area contributed by atoms with Gasteiger partial charge in [0.15, 0.2) is 5.82 Å². The van der Waals surface area contributed by atoms with Crippen LogP contribution in [0.15, 0.2) is 0 Å². The highest BCUT2D eigenvalue weighted by molar-refractivity contribution is 6.30. The number of aromatic nitrogens is 2. The Kier molecular flexibility index (Phi) is 4.41. The van der Waals surface area contributed by atoms with Crippen LogP contribution in [0.1, 0.15) is 63.5 Å². The number of hydrogen-bond acceptors (Lipinski definition) is 3. The van der Waals surface area contributed by atoms with Gasteiger partial charge in [-0.05, 0) is 44.4 Å². The van der Waals surface area contributed by atoms with Gasteiger partial charge in [-0.15, -0.1) is 0 Å². The molecule has 0 aliphatic heterocycles. The Balaban J connectivity index is 2.40. The molecule has 1 aliphatic rings. The van der Waals surface area contributed by atoms with Crippen molar-refractivity contribution in [1.29, 1.82) is 0 Å². The van der Waals surface area contributed by atoms with Crippen molar-refractivity contribution < 1.29 is 4.74 Å². The van der Waals surface area contributed by atoms with Crippen molar-refractivity contribution in [1.82, 2.24) is 9.97 Å². The normalized spacial score (nSPS) is 20.9. The molecular formula is C16H25ClN2O. The van der Waals surface area contributed by atoms with E-state index in [2.05, 4.69) is 25.8 Å². The standard InChI is InChI=1S/C16H25ClN2O/c1-6-12-11(2)13(17)19-14(18-12)16(20-5)9-7-15(3,4)8-10-16/h6-10H2,1-5H3. The van der Waals surface area contributed by atoms with Gasteiger partial charge in [0.05, 0.1) is 0 Å². The first-order chi connectivity index (χ1) is 9.33. The van der Waals surface area contributed by atoms with Crippen LogP contribution in [0.5, 0.6) is 0 Å². The number of ether oxygens (including phenoxy) is 1. The summed E-state index contributed by atoms with van der Waals surface area (Å²) in [4.78, 5) is 9.27. The first-order valence-electron chi connectivity index (χ1n) is 7.42. The van der Waals surface area contributed by atoms with Crippen molar-refractivity contribution in [3.63, 3.8) is 0 Å². The van der Waals surface area contributed by atoms with Crippen molar-refractivity contribution in [3.8, 4) is 0 Å². The van der Waals surface area contributed by atoms with Crippen LogP contribution < -0.4 is 0 Å². The maximum absolute atomic E-state index is 6.29. The Hall–Kier alpha value is -0.670. The molecule has 0 saturated heterocycles. The third kappa shape index (κ3) is 2.84. The topological polar surface area (TPSA) is 35.0 Å². The molecule has 1 fully saturated rings. The molecule has 4 heteroatoms. The molecule has 112 valence electrons. The summed E-state index contributed by atoms with van der Waals surface area (Å²) in [5.41, 5.74) is 2.03. The lowest BCUT2D eigenvalue weighted by atomic mass is 9.70. The van der Waals surface area contributed by atoms with Crippen molar-refractivity contribution >= 4 is 11.6 Å². The van der Waals surface area contributed by atoms with Crippen LogP contribution in [0, 0.1) is 12.3 Å². The predicted octanol–water partition coefficient (Wildman–Crippen LogP) is 4.44. The lowest BCUT2D eigenvalue weighted by Gasteiger charge is -2.41. The first-order valence-corrected chi connectivity index (χ1v) is 7.80. The van der Waals surface area contributed by atoms with E-state index in [0.717, 1.165) is 49.2 Å². The van der Waals surface area contributed by atoms with Crippen molar-refractivity contribution in [2.24, 2.45) is 5.41 Å². The largest absolute Gasteiger partial charge is 0.370 e. The first kappa shape index (κ1) is 15.7. The van der Waals surface area contributed by atoms with Gasteiger partial charge in [0.1, 0.15) is 10.8 Å². The van der Waals surface area contributed by atoms with Crippen molar-refractivity contribution in [3.05, 3.63) is 22.2 Å². The van der Waals surface area contributed by atoms with E-state index >= 15 is 0 Å². The third-order valence-electron chi connectivity index (χ3n) is 4.73. The van der Waals surface area contributed by atoms with Crippen LogP contribution >= 0.6 is 11.6 Å². The highest BCUT2D eigenvalue weighted by Crippen LogP contribution is 2.46. The van der Waals surface area contributed by atoms with E-state index in [4.69, 9.17) is 21.3 Å². The Morgan fingerprint density at radius 2 is 1.75 bits per heavy atom. The molecule has 0 N–H and O–H groups in total. The van der Waals surface area contributed by atoms with Gasteiger partial charge in [0, 0.05) is 18.4 Å². The SMILES string of the molecule is CCc1nc(C2(OC)CCC(C)(C)CC2)nc(Cl)c1C. The Morgan fingerprint density at radius 1 is 1.15 bits per heavy atom. The molecule has 0 bridgehead atoms. The van der Waals surface area contributed by atoms with E-state index in [0.29, 0.717) is 10.6 Å². The lowest BCUT2D eigenvalue weighted by Crippen LogP contribution is -2.38. The van der Waals surface area contributed by atoms with E-state index in [-0.39, 0.29) is 5.60 Å². The van der Waals surface area contributed by atoms with Gasteiger partial charge >= 0.3 is 0 Å². The molecule has 0 aromatic carbocycles. The van der Waals surface area contributed by atoms with Gasteiger partial charge < -0.3 is 4.74 Å². The quantitative estimate of drug-likeness (QED) is 0.773. The maximum Gasteiger partial charge on any atom is 0.162 e. The minimum atomic E-state index is -0.364. The van der Waals surface area contributed by atoms with Gasteiger partial charge in [-0.2, -0.15) is 0 Å². The second-order valence-electron chi connectivity index (χ2n) is 6.63. The summed E-state index contributed by atoms with van der Waals surface area (Å²) in [6, 6.07) is 0. The summed E-state index contributed by atoms with van der Waals surface area (Å²) < 4.78 is 5.87. The van der Waals surface area contributed by atoms with Crippen LogP contribution in [0.25, 0.3) is 0 Å². The molecule has 0 amide bonds. The summed E-state index contributed by atoms with van der Waals surface area (Å²) in [5, 5.41) is 0.563. The zero-order valence-corrected chi connectivity index (χ0v) is 14.0. The van der Waals surface area contributed by atoms with E-state index in [1.165, 1.54) is 0 Å². The molecule has 0 spiro atoms. The second-order valence-corrected chi connectivity index (χ2v) is 6.98. The zero-order chi connectivity index (χ0) is 15.0. The fourth-order valence-electron chi connectivity index (χ4n) is 2.93. The highest BCUT2D eigenvalue weighted by atomic mass is 35.5. The molecule has 0 unspecified atom stereocenters. The average molecular weight is 297 g/mol. The summed E-state index contributed by atoms with van der Waals surface area (Å²) >= 11 is 6.29. The van der Waals surface area contributed by atoms with Gasteiger partial charge in [-0.3, -0.25) is 0 Å². The van der Waals surface area contributed by atoms with E-state index in [1.54, 1.807) is 7.11 Å². The summed E-state index contributed by atoms with van der Waals surface area (Å²) in [6.07, 6.45) is 5.03. The van der Waals surface area contributed by atoms with E-state index in [9.17, 15) is 0 Å². The maximum atomic E-state index is 6.29. The fourth-order valence-corrected chi connectivity index (χ4v) is 3.12. The number of nitrogens with zero attached hydrogens (tertiary/aromatic N) is 2. The van der Waals surface area contributed by atoms with Gasteiger partial charge in [0.2, 0.25) is 0 Å². The van der Waals surface area contributed by atoms with Crippen LogP contribution in [-0.2, 0) is 16.8 Å². The molecule has 0 atom stereocenters. The molecule has 1 aromatic rings. The second kappa shape index (κ2) is 5.61. The number of rotatable bonds is 3. The Bertz CT molecular complexity index is 489. The van der Waals surface area contributed by atoms with Gasteiger partial charge in [0.25, 0.3) is 0 Å². The minimum Gasteiger partial charge on any atom is -0.370 e. The van der Waals surface area contributed by atoms with Crippen LogP contribution in [0.3, 0.4) is 0 Å². The Morgan fingerprint density at radius 3 is 2.25 bits per heavy atom. The number of hydrogen-bond donors (Lipinski definition) is 0. The highest BCUT2D eigenvalue weighted by Gasteiger charge is 2.42. The van der Waals surface area contributed by atoms with E-state index < -0.39 is 0 Å². The fraction of sp³-hybridized carbons (Fsp3) is 0.750. The predicted molar refractivity (Wildman–Crippen MR) is 82.1 cm³/mol. The molecule has 1 heterocycles. The molecule has 3 nitrogen and oxygen atoms in total. The summed E-state index contributed by atoms with van der Waals surface area (Å²) in [6.45, 7) is 8.70. The van der Waals surface area contributed by atoms with Crippen molar-refractivity contribution in [2.45, 2.75) is 65.4 Å². The van der Waals surface area contributed by atoms with Gasteiger partial charge in [-0.25, -0.2) is 9.97 Å². The molecule has 1 aliphatic carbocycles. The number of halogens is 1. The molecule has 2 rings (SSSR count). The van der Waals surface area contributed by atoms with E-state index in [1.807, 2.05) is 6.92 Å². The smallest absolute Gasteiger partial charge is 0.162 e. The van der Waals surface area contributed by atoms with Crippen LogP contribution in [0.4, 0.5) is 0 Å². The zero-order valence-electron chi connectivity index (χ0n) is 13.2. The third-order valence-corrected chi connectivity index (χ3v) is 5.10. The molecule has 1 aromatic heterocycles. The molecular weight excluding hydrogens is 272 g/mol. The lowest BCUT2D eigenvalue weighted by molar-refractivity contribution is -0.0730. The number of methoxy groups -OCH3 is 1. The van der Waals surface area contributed by atoms with Crippen LogP contribution in [-0.4, -0.2) is 17.1 Å². The molecule has 0 radical (unpaired) electrons. The van der Waals surface area contributed by atoms with Crippen LogP contribution in [0.2, 0.25) is 5.15 Å². The Labute approximate surface area is 127 Å². The summed E-state index contributed by atoms with van der Waals surface area (Å²) in [7, 11) is 1.76. The van der Waals surface area contributed by atoms with Crippen molar-refractivity contribution in [2.75, 3.05) is 7.11 Å². The molecule has 20 heavy (non-hydrogen) atoms. The summed E-state index contributed by atoms with van der Waals surface area (Å²) in [5.74, 6) is 0.767. The number of aryl methyl sites for hydroxylation is 1. The van der Waals surface area contributed by atoms with Gasteiger partial charge in [-0.1, -0.05) is 32.4 Å². The minimum absolute atomic E-state index is 0.364. The average Bonchev–Trinajstić information content (AvgIpc) is 2.42. The monoisotopic (exact) mass is 296 g/mol.